The Labute approximate surface area is 92.7 Å². The van der Waals surface area contributed by atoms with Crippen LogP contribution in [0.4, 0.5) is 0 Å². The van der Waals surface area contributed by atoms with Crippen molar-refractivity contribution in [2.45, 2.75) is 13.0 Å². The Morgan fingerprint density at radius 1 is 1.47 bits per heavy atom. The number of halogens is 1. The van der Waals surface area contributed by atoms with Gasteiger partial charge in [0.15, 0.2) is 5.22 Å². The Bertz CT molecular complexity index is 396. The summed E-state index contributed by atoms with van der Waals surface area (Å²) < 4.78 is 5.20. The van der Waals surface area contributed by atoms with Crippen molar-refractivity contribution < 1.29 is 4.42 Å². The third-order valence-corrected chi connectivity index (χ3v) is 2.22. The molecule has 0 saturated carbocycles. The van der Waals surface area contributed by atoms with E-state index in [4.69, 9.17) is 16.0 Å². The molecule has 15 heavy (non-hydrogen) atoms. The van der Waals surface area contributed by atoms with Crippen LogP contribution in [-0.4, -0.2) is 16.5 Å². The molecule has 0 radical (unpaired) electrons. The maximum atomic E-state index is 5.64. The van der Waals surface area contributed by atoms with Gasteiger partial charge >= 0.3 is 0 Å². The lowest BCUT2D eigenvalue weighted by Gasteiger charge is -2.00. The SMILES string of the molecule is Clc1ccc(CNCCc2ncc[nH]2)o1. The van der Waals surface area contributed by atoms with Crippen molar-refractivity contribution in [2.24, 2.45) is 0 Å². The molecule has 0 bridgehead atoms. The second-order valence-electron chi connectivity index (χ2n) is 3.17. The number of nitrogens with one attached hydrogen (secondary N) is 2. The number of nitrogens with zero attached hydrogens (tertiary/aromatic N) is 1. The van der Waals surface area contributed by atoms with Gasteiger partial charge in [0, 0.05) is 25.4 Å². The molecule has 2 rings (SSSR count). The number of hydrogen-bond acceptors (Lipinski definition) is 3. The summed E-state index contributed by atoms with van der Waals surface area (Å²) in [5.41, 5.74) is 0. The van der Waals surface area contributed by atoms with Gasteiger partial charge in [0.1, 0.15) is 11.6 Å². The smallest absolute Gasteiger partial charge is 0.193 e. The van der Waals surface area contributed by atoms with E-state index in [-0.39, 0.29) is 0 Å². The molecule has 0 amide bonds. The van der Waals surface area contributed by atoms with Gasteiger partial charge in [-0.15, -0.1) is 0 Å². The van der Waals surface area contributed by atoms with E-state index in [0.717, 1.165) is 24.6 Å². The normalized spacial score (nSPS) is 10.7. The van der Waals surface area contributed by atoms with Gasteiger partial charge in [-0.05, 0) is 23.7 Å². The highest BCUT2D eigenvalue weighted by Crippen LogP contribution is 2.12. The fourth-order valence-corrected chi connectivity index (χ4v) is 1.46. The molecule has 2 N–H and O–H groups in total. The zero-order valence-corrected chi connectivity index (χ0v) is 8.92. The highest BCUT2D eigenvalue weighted by Gasteiger charge is 1.99. The lowest BCUT2D eigenvalue weighted by Crippen LogP contribution is -2.16. The Hall–Kier alpha value is -1.26. The van der Waals surface area contributed by atoms with Crippen molar-refractivity contribution >= 4 is 11.6 Å². The quantitative estimate of drug-likeness (QED) is 0.766. The van der Waals surface area contributed by atoms with Crippen LogP contribution in [0.3, 0.4) is 0 Å². The molecule has 0 aromatic carbocycles. The molecule has 4 nitrogen and oxygen atoms in total. The number of H-pyrrole nitrogens is 1. The van der Waals surface area contributed by atoms with E-state index >= 15 is 0 Å². The first kappa shape index (κ1) is 10.3. The zero-order valence-electron chi connectivity index (χ0n) is 8.16. The Morgan fingerprint density at radius 2 is 2.40 bits per heavy atom. The van der Waals surface area contributed by atoms with E-state index in [1.807, 2.05) is 12.3 Å². The van der Waals surface area contributed by atoms with Gasteiger partial charge in [0.2, 0.25) is 0 Å². The monoisotopic (exact) mass is 225 g/mol. The minimum atomic E-state index is 0.429. The minimum absolute atomic E-state index is 0.429. The van der Waals surface area contributed by atoms with Crippen LogP contribution in [0.5, 0.6) is 0 Å². The molecule has 2 heterocycles. The van der Waals surface area contributed by atoms with Crippen molar-refractivity contribution in [3.05, 3.63) is 41.3 Å². The molecular weight excluding hydrogens is 214 g/mol. The van der Waals surface area contributed by atoms with Gasteiger partial charge in [0.05, 0.1) is 6.54 Å². The molecule has 0 saturated heterocycles. The molecule has 0 aliphatic carbocycles. The predicted molar refractivity (Wildman–Crippen MR) is 57.7 cm³/mol. The highest BCUT2D eigenvalue weighted by molar-refractivity contribution is 6.28. The van der Waals surface area contributed by atoms with Gasteiger partial charge in [-0.3, -0.25) is 0 Å². The summed E-state index contributed by atoms with van der Waals surface area (Å²) in [7, 11) is 0. The maximum absolute atomic E-state index is 5.64. The summed E-state index contributed by atoms with van der Waals surface area (Å²) in [6.45, 7) is 1.54. The van der Waals surface area contributed by atoms with Gasteiger partial charge < -0.3 is 14.7 Å². The van der Waals surface area contributed by atoms with Crippen LogP contribution in [0.1, 0.15) is 11.6 Å². The first-order chi connectivity index (χ1) is 7.34. The lowest BCUT2D eigenvalue weighted by molar-refractivity contribution is 0.485. The summed E-state index contributed by atoms with van der Waals surface area (Å²) in [4.78, 5) is 7.17. The molecule has 0 aliphatic heterocycles. The number of imidazole rings is 1. The van der Waals surface area contributed by atoms with Crippen molar-refractivity contribution in [1.82, 2.24) is 15.3 Å². The summed E-state index contributed by atoms with van der Waals surface area (Å²) in [5.74, 6) is 1.83. The largest absolute Gasteiger partial charge is 0.448 e. The molecule has 2 aromatic heterocycles. The van der Waals surface area contributed by atoms with Crippen LogP contribution >= 0.6 is 11.6 Å². The number of rotatable bonds is 5. The first-order valence-electron chi connectivity index (χ1n) is 4.78. The first-order valence-corrected chi connectivity index (χ1v) is 5.15. The van der Waals surface area contributed by atoms with Crippen molar-refractivity contribution in [1.29, 1.82) is 0 Å². The summed E-state index contributed by atoms with van der Waals surface area (Å²) in [5, 5.41) is 3.67. The lowest BCUT2D eigenvalue weighted by atomic mass is 10.4. The molecular formula is C10H12ClN3O. The van der Waals surface area contributed by atoms with Crippen LogP contribution in [0.2, 0.25) is 5.22 Å². The van der Waals surface area contributed by atoms with Crippen LogP contribution < -0.4 is 5.32 Å². The topological polar surface area (TPSA) is 53.9 Å². The van der Waals surface area contributed by atoms with E-state index in [9.17, 15) is 0 Å². The third-order valence-electron chi connectivity index (χ3n) is 2.02. The van der Waals surface area contributed by atoms with E-state index in [1.165, 1.54) is 0 Å². The van der Waals surface area contributed by atoms with E-state index < -0.39 is 0 Å². The Balaban J connectivity index is 1.67. The number of aromatic nitrogens is 2. The van der Waals surface area contributed by atoms with E-state index in [0.29, 0.717) is 11.8 Å². The fourth-order valence-electron chi connectivity index (χ4n) is 1.30. The maximum Gasteiger partial charge on any atom is 0.193 e. The van der Waals surface area contributed by atoms with E-state index in [2.05, 4.69) is 15.3 Å². The second-order valence-corrected chi connectivity index (χ2v) is 3.54. The van der Waals surface area contributed by atoms with Crippen LogP contribution in [0.15, 0.2) is 28.9 Å². The standard InChI is InChI=1S/C10H12ClN3O/c11-9-2-1-8(15-9)7-12-4-3-10-13-5-6-14-10/h1-2,5-6,12H,3-4,7H2,(H,13,14). The molecule has 0 aliphatic rings. The summed E-state index contributed by atoms with van der Waals surface area (Å²) >= 11 is 5.64. The number of furan rings is 1. The second kappa shape index (κ2) is 5.00. The van der Waals surface area contributed by atoms with Crippen molar-refractivity contribution in [3.63, 3.8) is 0 Å². The average Bonchev–Trinajstić information content (AvgIpc) is 2.84. The average molecular weight is 226 g/mol. The Kier molecular flexibility index (Phi) is 3.42. The number of aromatic amines is 1. The molecule has 2 aromatic rings. The van der Waals surface area contributed by atoms with Crippen molar-refractivity contribution in [3.8, 4) is 0 Å². The third kappa shape index (κ3) is 3.11. The van der Waals surface area contributed by atoms with Gasteiger partial charge in [-0.25, -0.2) is 4.98 Å². The van der Waals surface area contributed by atoms with Crippen LogP contribution in [0, 0.1) is 0 Å². The fraction of sp³-hybridized carbons (Fsp3) is 0.300. The Morgan fingerprint density at radius 3 is 3.07 bits per heavy atom. The van der Waals surface area contributed by atoms with Crippen LogP contribution in [-0.2, 0) is 13.0 Å². The molecule has 80 valence electrons. The minimum Gasteiger partial charge on any atom is -0.448 e. The van der Waals surface area contributed by atoms with Gasteiger partial charge in [-0.2, -0.15) is 0 Å². The molecule has 0 fully saturated rings. The molecule has 0 atom stereocenters. The zero-order chi connectivity index (χ0) is 10.5. The van der Waals surface area contributed by atoms with Gasteiger partial charge in [0.25, 0.3) is 0 Å². The van der Waals surface area contributed by atoms with E-state index in [1.54, 1.807) is 12.3 Å². The predicted octanol–water partition coefficient (Wildman–Crippen LogP) is 1.99. The highest BCUT2D eigenvalue weighted by atomic mass is 35.5. The molecule has 0 spiro atoms. The van der Waals surface area contributed by atoms with Crippen LogP contribution in [0.25, 0.3) is 0 Å². The summed E-state index contributed by atoms with van der Waals surface area (Å²) in [6.07, 6.45) is 4.45. The molecule has 5 heteroatoms. The number of hydrogen-bond donors (Lipinski definition) is 2. The molecule has 0 unspecified atom stereocenters. The van der Waals surface area contributed by atoms with Gasteiger partial charge in [-0.1, -0.05) is 0 Å². The van der Waals surface area contributed by atoms with Crippen molar-refractivity contribution in [2.75, 3.05) is 6.54 Å². The summed E-state index contributed by atoms with van der Waals surface area (Å²) in [6, 6.07) is 3.60.